The maximum absolute atomic E-state index is 11.7. The highest BCUT2D eigenvalue weighted by molar-refractivity contribution is 7.22. The fourth-order valence-electron chi connectivity index (χ4n) is 3.38. The van der Waals surface area contributed by atoms with Crippen molar-refractivity contribution < 1.29 is 19.1 Å². The Morgan fingerprint density at radius 3 is 2.85 bits per heavy atom. The van der Waals surface area contributed by atoms with Crippen molar-refractivity contribution >= 4 is 38.5 Å². The average Bonchev–Trinajstić information content (AvgIpc) is 2.84. The van der Waals surface area contributed by atoms with E-state index in [-0.39, 0.29) is 11.5 Å². The number of aromatic carboxylic acids is 1. The first-order valence-electron chi connectivity index (χ1n) is 8.63. The lowest BCUT2D eigenvalue weighted by molar-refractivity contribution is -0.129. The Hall–Kier alpha value is -2.35. The van der Waals surface area contributed by atoms with Gasteiger partial charge >= 0.3 is 11.6 Å². The molecular weight excluding hydrogens is 356 g/mol. The summed E-state index contributed by atoms with van der Waals surface area (Å²) in [6.45, 7) is 3.97. The molecule has 7 nitrogen and oxygen atoms in total. The summed E-state index contributed by atoms with van der Waals surface area (Å²) in [5.41, 5.74) is -0.787. The fourth-order valence-corrected chi connectivity index (χ4v) is 4.38. The van der Waals surface area contributed by atoms with Crippen molar-refractivity contribution in [2.45, 2.75) is 26.2 Å². The molecule has 8 heteroatoms. The molecule has 2 aromatic rings. The van der Waals surface area contributed by atoms with Crippen molar-refractivity contribution in [1.82, 2.24) is 4.90 Å². The van der Waals surface area contributed by atoms with Gasteiger partial charge in [-0.25, -0.2) is 9.59 Å². The first-order valence-corrected chi connectivity index (χ1v) is 9.44. The molecule has 1 aliphatic rings. The van der Waals surface area contributed by atoms with Gasteiger partial charge in [-0.05, 0) is 24.8 Å². The normalized spacial score (nSPS) is 17.9. The molecule has 0 spiro atoms. The van der Waals surface area contributed by atoms with Crippen LogP contribution in [0.25, 0.3) is 10.3 Å². The predicted molar refractivity (Wildman–Crippen MR) is 100 cm³/mol. The number of amides is 1. The van der Waals surface area contributed by atoms with Gasteiger partial charge in [0.05, 0.1) is 9.70 Å². The van der Waals surface area contributed by atoms with Gasteiger partial charge in [0.25, 0.3) is 0 Å². The van der Waals surface area contributed by atoms with Gasteiger partial charge in [0, 0.05) is 39.7 Å². The van der Waals surface area contributed by atoms with E-state index in [1.165, 1.54) is 17.4 Å². The summed E-state index contributed by atoms with van der Waals surface area (Å²) in [7, 11) is 1.96. The third-order valence-corrected chi connectivity index (χ3v) is 5.94. The molecule has 1 amide bonds. The summed E-state index contributed by atoms with van der Waals surface area (Å²) in [4.78, 5) is 38.5. The molecule has 0 saturated carbocycles. The van der Waals surface area contributed by atoms with E-state index < -0.39 is 11.6 Å². The highest BCUT2D eigenvalue weighted by atomic mass is 32.1. The number of thiophene rings is 1. The summed E-state index contributed by atoms with van der Waals surface area (Å²) in [6, 6.07) is 3.14. The van der Waals surface area contributed by atoms with Gasteiger partial charge in [-0.2, -0.15) is 0 Å². The van der Waals surface area contributed by atoms with E-state index in [1.807, 2.05) is 11.9 Å². The third-order valence-electron chi connectivity index (χ3n) is 4.76. The van der Waals surface area contributed by atoms with Crippen LogP contribution < -0.4 is 10.5 Å². The Morgan fingerprint density at radius 2 is 2.15 bits per heavy atom. The van der Waals surface area contributed by atoms with E-state index in [9.17, 15) is 14.4 Å². The lowest BCUT2D eigenvalue weighted by Crippen LogP contribution is -2.36. The minimum atomic E-state index is -1.29. The van der Waals surface area contributed by atoms with E-state index in [1.54, 1.807) is 13.0 Å². The first-order chi connectivity index (χ1) is 12.3. The van der Waals surface area contributed by atoms with Crippen molar-refractivity contribution in [3.63, 3.8) is 0 Å². The second-order valence-electron chi connectivity index (χ2n) is 6.77. The molecule has 0 aromatic carbocycles. The number of carbonyl (C=O) groups is 2. The van der Waals surface area contributed by atoms with Gasteiger partial charge in [0.15, 0.2) is 5.58 Å². The second kappa shape index (κ2) is 7.49. The molecule has 1 atom stereocenters. The van der Waals surface area contributed by atoms with Crippen LogP contribution in [0.5, 0.6) is 0 Å². The Kier molecular flexibility index (Phi) is 5.31. The number of likely N-dealkylation sites (tertiary alicyclic amines) is 1. The molecule has 1 saturated heterocycles. The summed E-state index contributed by atoms with van der Waals surface area (Å²) >= 11 is 1.40. The molecule has 0 aliphatic carbocycles. The zero-order valence-electron chi connectivity index (χ0n) is 14.9. The molecule has 0 radical (unpaired) electrons. The van der Waals surface area contributed by atoms with Gasteiger partial charge in [-0.15, -0.1) is 11.3 Å². The van der Waals surface area contributed by atoms with Crippen LogP contribution in [0.15, 0.2) is 21.3 Å². The number of hydrogen-bond donors (Lipinski definition) is 1. The smallest absolute Gasteiger partial charge is 0.351 e. The van der Waals surface area contributed by atoms with Crippen molar-refractivity contribution in [2.24, 2.45) is 5.92 Å². The predicted octanol–water partition coefficient (Wildman–Crippen LogP) is 2.64. The van der Waals surface area contributed by atoms with Gasteiger partial charge in [-0.1, -0.05) is 6.42 Å². The molecule has 26 heavy (non-hydrogen) atoms. The van der Waals surface area contributed by atoms with Gasteiger partial charge in [-0.3, -0.25) is 4.79 Å². The largest absolute Gasteiger partial charge is 0.477 e. The number of carboxylic acids is 1. The number of rotatable bonds is 4. The van der Waals surface area contributed by atoms with Crippen LogP contribution in [0.1, 0.15) is 36.5 Å². The van der Waals surface area contributed by atoms with E-state index in [4.69, 9.17) is 9.52 Å². The SMILES string of the molecule is CC(=O)N1CCCCC(CN(C)c2cc3oc(=O)c(C(=O)O)cc3s2)C1. The topological polar surface area (TPSA) is 91.1 Å². The Morgan fingerprint density at radius 1 is 1.38 bits per heavy atom. The van der Waals surface area contributed by atoms with Crippen molar-refractivity contribution in [2.75, 3.05) is 31.6 Å². The van der Waals surface area contributed by atoms with E-state index in [0.29, 0.717) is 16.2 Å². The molecule has 1 unspecified atom stereocenters. The summed E-state index contributed by atoms with van der Waals surface area (Å²) < 4.78 is 5.77. The van der Waals surface area contributed by atoms with Gasteiger partial charge < -0.3 is 19.3 Å². The van der Waals surface area contributed by atoms with Crippen LogP contribution in [0.2, 0.25) is 0 Å². The molecule has 0 bridgehead atoms. The minimum Gasteiger partial charge on any atom is -0.477 e. The summed E-state index contributed by atoms with van der Waals surface area (Å²) in [5, 5.41) is 9.96. The maximum Gasteiger partial charge on any atom is 0.351 e. The Balaban J connectivity index is 1.79. The molecule has 3 heterocycles. The molecule has 3 rings (SSSR count). The van der Waals surface area contributed by atoms with Crippen LogP contribution in [-0.4, -0.2) is 48.6 Å². The van der Waals surface area contributed by atoms with Crippen LogP contribution in [0, 0.1) is 5.92 Å². The average molecular weight is 378 g/mol. The fraction of sp³-hybridized carbons (Fsp3) is 0.500. The maximum atomic E-state index is 11.7. The molecule has 140 valence electrons. The number of carboxylic acid groups (broad SMARTS) is 1. The molecule has 1 N–H and O–H groups in total. The van der Waals surface area contributed by atoms with Gasteiger partial charge in [0.2, 0.25) is 5.91 Å². The highest BCUT2D eigenvalue weighted by Crippen LogP contribution is 2.32. The molecular formula is C18H22N2O5S. The summed E-state index contributed by atoms with van der Waals surface area (Å²) in [6.07, 6.45) is 3.20. The standard InChI is InChI=1S/C18H22N2O5S/c1-11(21)20-6-4-3-5-12(10-20)9-19(2)16-8-14-15(26-16)7-13(17(22)23)18(24)25-14/h7-8,12H,3-6,9-10H2,1-2H3,(H,22,23). The zero-order valence-corrected chi connectivity index (χ0v) is 15.7. The Labute approximate surface area is 154 Å². The van der Waals surface area contributed by atoms with Crippen molar-refractivity contribution in [3.05, 3.63) is 28.1 Å². The lowest BCUT2D eigenvalue weighted by Gasteiger charge is -2.27. The monoisotopic (exact) mass is 378 g/mol. The third kappa shape index (κ3) is 3.90. The number of nitrogens with zero attached hydrogens (tertiary/aromatic N) is 2. The molecule has 1 fully saturated rings. The molecule has 1 aliphatic heterocycles. The van der Waals surface area contributed by atoms with E-state index in [0.717, 1.165) is 43.9 Å². The van der Waals surface area contributed by atoms with Gasteiger partial charge in [0.1, 0.15) is 5.56 Å². The highest BCUT2D eigenvalue weighted by Gasteiger charge is 2.22. The van der Waals surface area contributed by atoms with E-state index in [2.05, 4.69) is 4.90 Å². The number of fused-ring (bicyclic) bond motifs is 1. The van der Waals surface area contributed by atoms with Crippen molar-refractivity contribution in [1.29, 1.82) is 0 Å². The first kappa shape index (κ1) is 18.4. The van der Waals surface area contributed by atoms with Crippen LogP contribution in [0.4, 0.5) is 5.00 Å². The zero-order chi connectivity index (χ0) is 18.8. The van der Waals surface area contributed by atoms with Crippen molar-refractivity contribution in [3.8, 4) is 0 Å². The lowest BCUT2D eigenvalue weighted by atomic mass is 10.0. The second-order valence-corrected chi connectivity index (χ2v) is 7.84. The molecule has 2 aromatic heterocycles. The van der Waals surface area contributed by atoms with Crippen LogP contribution in [0.3, 0.4) is 0 Å². The number of carbonyl (C=O) groups excluding carboxylic acids is 1. The number of hydrogen-bond acceptors (Lipinski definition) is 6. The van der Waals surface area contributed by atoms with E-state index >= 15 is 0 Å². The minimum absolute atomic E-state index is 0.115. The number of anilines is 1. The summed E-state index contributed by atoms with van der Waals surface area (Å²) in [5.74, 6) is -0.797. The van der Waals surface area contributed by atoms with Crippen LogP contribution >= 0.6 is 11.3 Å². The Bertz CT molecular complexity index is 887. The van der Waals surface area contributed by atoms with Crippen LogP contribution in [-0.2, 0) is 4.79 Å². The quantitative estimate of drug-likeness (QED) is 0.879.